The van der Waals surface area contributed by atoms with Crippen molar-refractivity contribution in [1.29, 1.82) is 5.26 Å². The van der Waals surface area contributed by atoms with Crippen molar-refractivity contribution in [3.05, 3.63) is 29.8 Å². The van der Waals surface area contributed by atoms with E-state index in [-0.39, 0.29) is 42.0 Å². The smallest absolute Gasteiger partial charge is 0.278 e. The molecule has 1 atom stereocenters. The first-order chi connectivity index (χ1) is 15.0. The molecule has 0 aliphatic carbocycles. The molecule has 0 bridgehead atoms. The maximum Gasteiger partial charge on any atom is 0.278 e. The van der Waals surface area contributed by atoms with Gasteiger partial charge in [0.25, 0.3) is 5.92 Å². The first kappa shape index (κ1) is 25.1. The summed E-state index contributed by atoms with van der Waals surface area (Å²) >= 11 is 0. The van der Waals surface area contributed by atoms with Gasteiger partial charge in [0.1, 0.15) is 23.8 Å². The zero-order chi connectivity index (χ0) is 23.8. The molecule has 2 aromatic rings. The fraction of sp³-hybridized carbons (Fsp3) is 0.571. The van der Waals surface area contributed by atoms with Gasteiger partial charge in [-0.15, -0.1) is 0 Å². The number of ether oxygens (including phenoxy) is 1. The van der Waals surface area contributed by atoms with E-state index in [1.165, 1.54) is 18.7 Å². The van der Waals surface area contributed by atoms with Crippen LogP contribution in [0.1, 0.15) is 51.7 Å². The highest BCUT2D eigenvalue weighted by atomic mass is 19.3. The Balaban J connectivity index is 2.15. The van der Waals surface area contributed by atoms with E-state index in [1.807, 2.05) is 0 Å². The Bertz CT molecular complexity index is 924. The van der Waals surface area contributed by atoms with Crippen molar-refractivity contribution in [3.63, 3.8) is 0 Å². The minimum atomic E-state index is -3.00. The highest BCUT2D eigenvalue weighted by Gasteiger charge is 2.23. The Hall–Kier alpha value is -3.13. The van der Waals surface area contributed by atoms with Crippen LogP contribution in [0, 0.1) is 16.7 Å². The first-order valence-corrected chi connectivity index (χ1v) is 10.2. The highest BCUT2D eigenvalue weighted by molar-refractivity contribution is 5.54. The molecule has 0 aliphatic heterocycles. The summed E-state index contributed by atoms with van der Waals surface area (Å²) in [4.78, 5) is 16.3. The molecule has 2 heterocycles. The van der Waals surface area contributed by atoms with Gasteiger partial charge in [-0.05, 0) is 18.3 Å². The van der Waals surface area contributed by atoms with Crippen molar-refractivity contribution in [1.82, 2.24) is 19.9 Å². The third-order valence-corrected chi connectivity index (χ3v) is 4.23. The molecule has 9 nitrogen and oxygen atoms in total. The van der Waals surface area contributed by atoms with Gasteiger partial charge in [0, 0.05) is 32.3 Å². The quantitative estimate of drug-likeness (QED) is 0.473. The van der Waals surface area contributed by atoms with Crippen molar-refractivity contribution >= 4 is 11.8 Å². The van der Waals surface area contributed by atoms with Gasteiger partial charge in [-0.25, -0.2) is 23.7 Å². The minimum absolute atomic E-state index is 0.000581. The average Bonchev–Trinajstić information content (AvgIpc) is 2.70. The van der Waals surface area contributed by atoms with Crippen molar-refractivity contribution in [2.24, 2.45) is 5.41 Å². The number of nitrogens with one attached hydrogen (secondary N) is 2. The standard InChI is InChI=1S/C21H29F2N7O2/c1-20(2,3)7-16(5-6-31)29-17-14(8-24)10-26-19(30-17)27-11-15-9-25-13-28-18(15)32-12-21(4,22)23/h9-10,13,16,31H,5-7,11-12H2,1-4H3,(H2,26,27,29,30). The molecule has 0 aliphatic rings. The molecule has 0 saturated heterocycles. The number of hydrogen-bond donors (Lipinski definition) is 3. The molecule has 174 valence electrons. The lowest BCUT2D eigenvalue weighted by Gasteiger charge is -2.27. The van der Waals surface area contributed by atoms with Gasteiger partial charge in [-0.2, -0.15) is 10.2 Å². The van der Waals surface area contributed by atoms with Gasteiger partial charge >= 0.3 is 0 Å². The van der Waals surface area contributed by atoms with Crippen LogP contribution in [0.2, 0.25) is 0 Å². The fourth-order valence-electron chi connectivity index (χ4n) is 2.94. The number of nitrogens with zero attached hydrogens (tertiary/aromatic N) is 5. The van der Waals surface area contributed by atoms with E-state index < -0.39 is 12.5 Å². The summed E-state index contributed by atoms with van der Waals surface area (Å²) in [5.41, 5.74) is 0.724. The number of aliphatic hydroxyl groups is 1. The summed E-state index contributed by atoms with van der Waals surface area (Å²) in [7, 11) is 0. The van der Waals surface area contributed by atoms with Crippen LogP contribution in [-0.2, 0) is 6.54 Å². The van der Waals surface area contributed by atoms with E-state index in [1.54, 1.807) is 0 Å². The second kappa shape index (κ2) is 10.9. The lowest BCUT2D eigenvalue weighted by atomic mass is 9.87. The van der Waals surface area contributed by atoms with Crippen LogP contribution < -0.4 is 15.4 Å². The van der Waals surface area contributed by atoms with Crippen LogP contribution in [0.4, 0.5) is 20.5 Å². The normalized spacial score (nSPS) is 12.7. The summed E-state index contributed by atoms with van der Waals surface area (Å²) in [5, 5.41) is 25.0. The number of nitriles is 1. The van der Waals surface area contributed by atoms with Gasteiger partial charge in [0.2, 0.25) is 11.8 Å². The molecule has 1 unspecified atom stereocenters. The van der Waals surface area contributed by atoms with E-state index in [9.17, 15) is 19.1 Å². The predicted molar refractivity (Wildman–Crippen MR) is 115 cm³/mol. The van der Waals surface area contributed by atoms with Crippen LogP contribution in [0.5, 0.6) is 5.88 Å². The van der Waals surface area contributed by atoms with Crippen LogP contribution in [0.3, 0.4) is 0 Å². The van der Waals surface area contributed by atoms with E-state index in [4.69, 9.17) is 4.74 Å². The molecule has 11 heteroatoms. The molecular formula is C21H29F2N7O2. The summed E-state index contributed by atoms with van der Waals surface area (Å²) in [6.45, 7) is 6.35. The summed E-state index contributed by atoms with van der Waals surface area (Å²) in [6.07, 6.45) is 5.31. The lowest BCUT2D eigenvalue weighted by molar-refractivity contribution is -0.0245. The summed E-state index contributed by atoms with van der Waals surface area (Å²) in [6, 6.07) is 1.97. The Kier molecular flexibility index (Phi) is 8.60. The lowest BCUT2D eigenvalue weighted by Crippen LogP contribution is -2.28. The second-order valence-electron chi connectivity index (χ2n) is 8.75. The number of aliphatic hydroxyl groups excluding tert-OH is 1. The number of halogens is 2. The maximum atomic E-state index is 13.1. The Morgan fingerprint density at radius 2 is 1.97 bits per heavy atom. The Labute approximate surface area is 186 Å². The van der Waals surface area contributed by atoms with Crippen molar-refractivity contribution in [2.45, 2.75) is 59.0 Å². The molecule has 0 saturated carbocycles. The van der Waals surface area contributed by atoms with Crippen molar-refractivity contribution in [2.75, 3.05) is 23.8 Å². The molecular weight excluding hydrogens is 420 g/mol. The predicted octanol–water partition coefficient (Wildman–Crippen LogP) is 3.38. The topological polar surface area (TPSA) is 129 Å². The molecule has 2 rings (SSSR count). The number of aromatic nitrogens is 4. The number of alkyl halides is 2. The molecule has 2 aromatic heterocycles. The SMILES string of the molecule is CC(C)(C)CC(CCO)Nc1nc(NCc2cncnc2OCC(C)(F)F)ncc1C#N. The van der Waals surface area contributed by atoms with Crippen molar-refractivity contribution in [3.8, 4) is 11.9 Å². The van der Waals surface area contributed by atoms with Gasteiger partial charge in [0.05, 0.1) is 11.8 Å². The van der Waals surface area contributed by atoms with Crippen LogP contribution in [-0.4, -0.2) is 50.2 Å². The minimum Gasteiger partial charge on any atom is -0.471 e. The fourth-order valence-corrected chi connectivity index (χ4v) is 2.94. The largest absolute Gasteiger partial charge is 0.471 e. The Morgan fingerprint density at radius 3 is 2.59 bits per heavy atom. The van der Waals surface area contributed by atoms with Crippen LogP contribution in [0.25, 0.3) is 0 Å². The zero-order valence-electron chi connectivity index (χ0n) is 18.7. The van der Waals surface area contributed by atoms with E-state index in [2.05, 4.69) is 57.4 Å². The highest BCUT2D eigenvalue weighted by Crippen LogP contribution is 2.25. The second-order valence-corrected chi connectivity index (χ2v) is 8.75. The van der Waals surface area contributed by atoms with Gasteiger partial charge in [-0.3, -0.25) is 0 Å². The van der Waals surface area contributed by atoms with Gasteiger partial charge in [-0.1, -0.05) is 20.8 Å². The van der Waals surface area contributed by atoms with Gasteiger partial charge < -0.3 is 20.5 Å². The molecule has 32 heavy (non-hydrogen) atoms. The van der Waals surface area contributed by atoms with E-state index in [0.717, 1.165) is 13.3 Å². The van der Waals surface area contributed by atoms with E-state index >= 15 is 0 Å². The van der Waals surface area contributed by atoms with Crippen LogP contribution in [0.15, 0.2) is 18.7 Å². The summed E-state index contributed by atoms with van der Waals surface area (Å²) < 4.78 is 31.3. The zero-order valence-corrected chi connectivity index (χ0v) is 18.7. The molecule has 0 fully saturated rings. The molecule has 0 aromatic carbocycles. The maximum absolute atomic E-state index is 13.1. The molecule has 0 amide bonds. The Morgan fingerprint density at radius 1 is 1.22 bits per heavy atom. The third-order valence-electron chi connectivity index (χ3n) is 4.23. The summed E-state index contributed by atoms with van der Waals surface area (Å²) in [5.74, 6) is -2.39. The number of anilines is 2. The first-order valence-electron chi connectivity index (χ1n) is 10.2. The van der Waals surface area contributed by atoms with Gasteiger partial charge in [0.15, 0.2) is 6.61 Å². The number of hydrogen-bond acceptors (Lipinski definition) is 9. The van der Waals surface area contributed by atoms with Crippen molar-refractivity contribution < 1.29 is 18.6 Å². The molecule has 3 N–H and O–H groups in total. The molecule has 0 radical (unpaired) electrons. The monoisotopic (exact) mass is 449 g/mol. The van der Waals surface area contributed by atoms with Crippen LogP contribution >= 0.6 is 0 Å². The molecule has 0 spiro atoms. The van der Waals surface area contributed by atoms with E-state index in [0.29, 0.717) is 17.8 Å². The average molecular weight is 450 g/mol. The third kappa shape index (κ3) is 8.55. The number of rotatable bonds is 11.